The first-order valence-corrected chi connectivity index (χ1v) is 5.64. The summed E-state index contributed by atoms with van der Waals surface area (Å²) in [6.45, 7) is 6.71. The van der Waals surface area contributed by atoms with E-state index in [2.05, 4.69) is 45.0 Å². The van der Waals surface area contributed by atoms with Crippen LogP contribution in [0, 0.1) is 12.8 Å². The molecular weight excluding hydrogens is 168 g/mol. The van der Waals surface area contributed by atoms with Gasteiger partial charge in [0.25, 0.3) is 0 Å². The van der Waals surface area contributed by atoms with Crippen molar-refractivity contribution in [2.24, 2.45) is 0 Å². The molecule has 0 heterocycles. The Bertz CT molecular complexity index is 262. The van der Waals surface area contributed by atoms with Gasteiger partial charge in [-0.2, -0.15) is 0 Å². The number of hydrogen-bond acceptors (Lipinski definition) is 0. The molecule has 14 heavy (non-hydrogen) atoms. The van der Waals surface area contributed by atoms with Crippen LogP contribution in [0.2, 0.25) is 0 Å². The normalized spacial score (nSPS) is 10.9. The second-order valence-electron chi connectivity index (χ2n) is 4.05. The Hall–Kier alpha value is -0.780. The van der Waals surface area contributed by atoms with Gasteiger partial charge >= 0.3 is 0 Å². The number of benzene rings is 1. The summed E-state index contributed by atoms with van der Waals surface area (Å²) in [5.74, 6) is 1.54. The summed E-state index contributed by atoms with van der Waals surface area (Å²) in [5, 5.41) is 0. The molecule has 0 heteroatoms. The molecule has 1 radical (unpaired) electrons. The molecule has 0 aliphatic rings. The van der Waals surface area contributed by atoms with Gasteiger partial charge in [0.1, 0.15) is 0 Å². The van der Waals surface area contributed by atoms with Crippen molar-refractivity contribution >= 4 is 0 Å². The molecule has 0 nitrogen and oxygen atoms in total. The van der Waals surface area contributed by atoms with Crippen LogP contribution >= 0.6 is 0 Å². The predicted octanol–water partition coefficient (Wildman–Crippen LogP) is 4.52. The summed E-state index contributed by atoms with van der Waals surface area (Å²) in [6.07, 6.45) is 5.24. The average Bonchev–Trinajstić information content (AvgIpc) is 2.18. The minimum absolute atomic E-state index is 1.25. The Kier molecular flexibility index (Phi) is 4.72. The largest absolute Gasteiger partial charge is 0.0654 e. The molecule has 1 rings (SSSR count). The van der Waals surface area contributed by atoms with Gasteiger partial charge < -0.3 is 0 Å². The van der Waals surface area contributed by atoms with Crippen LogP contribution < -0.4 is 0 Å². The first kappa shape index (κ1) is 11.3. The molecule has 1 aromatic rings. The molecule has 0 bridgehead atoms. The quantitative estimate of drug-likeness (QED) is 0.597. The minimum atomic E-state index is 1.25. The number of aryl methyl sites for hydroxylation is 1. The lowest BCUT2D eigenvalue weighted by Crippen LogP contribution is -1.97. The van der Waals surface area contributed by atoms with Gasteiger partial charge in [0.2, 0.25) is 0 Å². The summed E-state index contributed by atoms with van der Waals surface area (Å²) in [6, 6.07) is 8.67. The van der Waals surface area contributed by atoms with E-state index in [-0.39, 0.29) is 0 Å². The Labute approximate surface area is 88.4 Å². The van der Waals surface area contributed by atoms with Crippen molar-refractivity contribution < 1.29 is 0 Å². The monoisotopic (exact) mass is 189 g/mol. The summed E-state index contributed by atoms with van der Waals surface area (Å²) < 4.78 is 0. The molecule has 0 N–H and O–H groups in total. The predicted molar refractivity (Wildman–Crippen MR) is 63.3 cm³/mol. The lowest BCUT2D eigenvalue weighted by Gasteiger charge is -2.13. The van der Waals surface area contributed by atoms with Crippen LogP contribution in [0.3, 0.4) is 0 Å². The molecule has 0 saturated carbocycles. The van der Waals surface area contributed by atoms with Crippen molar-refractivity contribution in [1.82, 2.24) is 0 Å². The Balaban J connectivity index is 2.51. The van der Waals surface area contributed by atoms with Gasteiger partial charge in [-0.15, -0.1) is 0 Å². The van der Waals surface area contributed by atoms with Gasteiger partial charge in [-0.3, -0.25) is 0 Å². The van der Waals surface area contributed by atoms with Crippen molar-refractivity contribution in [3.05, 3.63) is 41.3 Å². The second-order valence-corrected chi connectivity index (χ2v) is 4.05. The van der Waals surface area contributed by atoms with Crippen LogP contribution in [0.15, 0.2) is 24.3 Å². The van der Waals surface area contributed by atoms with Crippen LogP contribution in [0.1, 0.15) is 50.7 Å². The fourth-order valence-electron chi connectivity index (χ4n) is 1.83. The van der Waals surface area contributed by atoms with Crippen molar-refractivity contribution in [2.45, 2.75) is 46.5 Å². The lowest BCUT2D eigenvalue weighted by atomic mass is 9.92. The van der Waals surface area contributed by atoms with E-state index in [4.69, 9.17) is 0 Å². The van der Waals surface area contributed by atoms with Crippen LogP contribution in [0.4, 0.5) is 0 Å². The van der Waals surface area contributed by atoms with E-state index in [0.717, 1.165) is 0 Å². The standard InChI is InChI=1S/C14H21/c1-4-5-6-9-12(2)14-11-8-7-10-13(14)3/h7-8,10-11H,4-6,9H2,1-3H3. The van der Waals surface area contributed by atoms with E-state index in [1.54, 1.807) is 0 Å². The van der Waals surface area contributed by atoms with Gasteiger partial charge in [0.05, 0.1) is 0 Å². The summed E-state index contributed by atoms with van der Waals surface area (Å²) in [7, 11) is 0. The highest BCUT2D eigenvalue weighted by atomic mass is 14.1. The molecule has 0 atom stereocenters. The summed E-state index contributed by atoms with van der Waals surface area (Å²) >= 11 is 0. The third-order valence-electron chi connectivity index (χ3n) is 2.76. The number of rotatable bonds is 5. The van der Waals surface area contributed by atoms with Crippen molar-refractivity contribution in [2.75, 3.05) is 0 Å². The van der Waals surface area contributed by atoms with E-state index in [1.807, 2.05) is 0 Å². The molecule has 0 unspecified atom stereocenters. The first-order valence-electron chi connectivity index (χ1n) is 5.64. The zero-order valence-electron chi connectivity index (χ0n) is 9.64. The maximum absolute atomic E-state index is 2.26. The molecule has 1 aromatic carbocycles. The third-order valence-corrected chi connectivity index (χ3v) is 2.76. The molecule has 0 fully saturated rings. The zero-order valence-corrected chi connectivity index (χ0v) is 9.64. The van der Waals surface area contributed by atoms with E-state index in [0.29, 0.717) is 0 Å². The minimum Gasteiger partial charge on any atom is -0.0654 e. The molecule has 0 saturated heterocycles. The SMILES string of the molecule is CCCCC[C](C)c1ccccc1C. The summed E-state index contributed by atoms with van der Waals surface area (Å²) in [5.41, 5.74) is 2.85. The van der Waals surface area contributed by atoms with Crippen LogP contribution in [0.5, 0.6) is 0 Å². The van der Waals surface area contributed by atoms with Gasteiger partial charge in [-0.1, -0.05) is 57.4 Å². The zero-order chi connectivity index (χ0) is 10.4. The fourth-order valence-corrected chi connectivity index (χ4v) is 1.83. The smallest absolute Gasteiger partial charge is 0.00216 e. The highest BCUT2D eigenvalue weighted by molar-refractivity contribution is 5.36. The topological polar surface area (TPSA) is 0 Å². The number of hydrogen-bond donors (Lipinski definition) is 0. The third kappa shape index (κ3) is 3.17. The first-order chi connectivity index (χ1) is 6.75. The molecule has 0 aliphatic carbocycles. The molecule has 77 valence electrons. The van der Waals surface area contributed by atoms with Crippen LogP contribution in [0.25, 0.3) is 0 Å². The molecule has 0 amide bonds. The Morgan fingerprint density at radius 3 is 2.50 bits per heavy atom. The molecule has 0 aromatic heterocycles. The second kappa shape index (κ2) is 5.85. The van der Waals surface area contributed by atoms with Gasteiger partial charge in [-0.25, -0.2) is 0 Å². The maximum Gasteiger partial charge on any atom is 0.00216 e. The van der Waals surface area contributed by atoms with E-state index in [9.17, 15) is 0 Å². The van der Waals surface area contributed by atoms with Crippen LogP contribution in [-0.2, 0) is 0 Å². The lowest BCUT2D eigenvalue weighted by molar-refractivity contribution is 0.685. The van der Waals surface area contributed by atoms with E-state index < -0.39 is 0 Å². The van der Waals surface area contributed by atoms with Crippen LogP contribution in [-0.4, -0.2) is 0 Å². The Morgan fingerprint density at radius 2 is 1.86 bits per heavy atom. The highest BCUT2D eigenvalue weighted by Crippen LogP contribution is 2.23. The number of unbranched alkanes of at least 4 members (excludes halogenated alkanes) is 2. The van der Waals surface area contributed by atoms with Crippen molar-refractivity contribution in [3.8, 4) is 0 Å². The maximum atomic E-state index is 2.26. The fraction of sp³-hybridized carbons (Fsp3) is 0.500. The van der Waals surface area contributed by atoms with E-state index in [1.165, 1.54) is 42.7 Å². The van der Waals surface area contributed by atoms with Crippen molar-refractivity contribution in [1.29, 1.82) is 0 Å². The van der Waals surface area contributed by atoms with Gasteiger partial charge in [0.15, 0.2) is 0 Å². The molecule has 0 spiro atoms. The van der Waals surface area contributed by atoms with Gasteiger partial charge in [0, 0.05) is 5.92 Å². The summed E-state index contributed by atoms with van der Waals surface area (Å²) in [4.78, 5) is 0. The Morgan fingerprint density at radius 1 is 1.14 bits per heavy atom. The van der Waals surface area contributed by atoms with Crippen molar-refractivity contribution in [3.63, 3.8) is 0 Å². The molecular formula is C14H21. The average molecular weight is 189 g/mol. The highest BCUT2D eigenvalue weighted by Gasteiger charge is 2.07. The molecule has 0 aliphatic heterocycles. The van der Waals surface area contributed by atoms with Gasteiger partial charge in [-0.05, 0) is 24.5 Å². The van der Waals surface area contributed by atoms with E-state index >= 15 is 0 Å².